The van der Waals surface area contributed by atoms with Crippen LogP contribution in [0, 0.1) is 6.92 Å². The Kier molecular flexibility index (Phi) is 2.87. The summed E-state index contributed by atoms with van der Waals surface area (Å²) < 4.78 is 0. The number of halogens is 1. The largest absolute Gasteiger partial charge is 0.368 e. The van der Waals surface area contributed by atoms with Crippen molar-refractivity contribution in [2.45, 2.75) is 13.3 Å². The minimum atomic E-state index is 0.182. The molecule has 3 rings (SSSR count). The number of aromatic nitrogens is 3. The van der Waals surface area contributed by atoms with Crippen LogP contribution in [0.1, 0.15) is 16.7 Å². The van der Waals surface area contributed by atoms with Gasteiger partial charge in [0.1, 0.15) is 10.8 Å². The number of benzene rings is 1. The number of anilines is 1. The number of nitrogens with two attached hydrogens (primary N) is 1. The Hall–Kier alpha value is -2.07. The highest BCUT2D eigenvalue weighted by molar-refractivity contribution is 6.34. The Morgan fingerprint density at radius 1 is 1.21 bits per heavy atom. The lowest BCUT2D eigenvalue weighted by Crippen LogP contribution is -1.96. The highest BCUT2D eigenvalue weighted by Gasteiger charge is 2.11. The van der Waals surface area contributed by atoms with Crippen molar-refractivity contribution in [2.75, 3.05) is 5.73 Å². The van der Waals surface area contributed by atoms with Crippen molar-refractivity contribution in [3.8, 4) is 0 Å². The van der Waals surface area contributed by atoms with Crippen LogP contribution < -0.4 is 5.73 Å². The second kappa shape index (κ2) is 4.55. The number of fused-ring (bicyclic) bond motifs is 1. The number of nitrogen functional groups attached to an aromatic ring is 1. The van der Waals surface area contributed by atoms with Crippen LogP contribution in [-0.2, 0) is 6.42 Å². The molecule has 0 aliphatic rings. The van der Waals surface area contributed by atoms with Crippen molar-refractivity contribution in [3.05, 3.63) is 52.3 Å². The van der Waals surface area contributed by atoms with Gasteiger partial charge in [0, 0.05) is 6.20 Å². The van der Waals surface area contributed by atoms with E-state index in [1.54, 1.807) is 0 Å². The number of aryl methyl sites for hydroxylation is 1. The summed E-state index contributed by atoms with van der Waals surface area (Å²) in [6.07, 6.45) is 2.69. The third-order valence-electron chi connectivity index (χ3n) is 3.10. The number of rotatable bonds is 2. The van der Waals surface area contributed by atoms with Crippen LogP contribution in [0.5, 0.6) is 0 Å². The van der Waals surface area contributed by atoms with Gasteiger partial charge in [0.25, 0.3) is 0 Å². The van der Waals surface area contributed by atoms with Gasteiger partial charge in [-0.2, -0.15) is 4.98 Å². The highest BCUT2D eigenvalue weighted by Crippen LogP contribution is 2.26. The van der Waals surface area contributed by atoms with Gasteiger partial charge in [0.2, 0.25) is 5.95 Å². The molecule has 5 heteroatoms. The molecule has 19 heavy (non-hydrogen) atoms. The maximum absolute atomic E-state index is 6.15. The normalized spacial score (nSPS) is 11.1. The van der Waals surface area contributed by atoms with Gasteiger partial charge in [-0.25, -0.2) is 4.98 Å². The third-order valence-corrected chi connectivity index (χ3v) is 3.38. The zero-order chi connectivity index (χ0) is 13.4. The Labute approximate surface area is 115 Å². The lowest BCUT2D eigenvalue weighted by Gasteiger charge is -2.02. The fourth-order valence-corrected chi connectivity index (χ4v) is 2.43. The SMILES string of the molecule is Cc1ccc(Cc2c[nH]c3nc(N)nc(Cl)c23)cc1. The van der Waals surface area contributed by atoms with Crippen LogP contribution in [0.25, 0.3) is 11.0 Å². The molecule has 96 valence electrons. The van der Waals surface area contributed by atoms with Gasteiger partial charge in [0.05, 0.1) is 5.39 Å². The van der Waals surface area contributed by atoms with E-state index >= 15 is 0 Å². The van der Waals surface area contributed by atoms with Crippen molar-refractivity contribution in [1.29, 1.82) is 0 Å². The minimum absolute atomic E-state index is 0.182. The van der Waals surface area contributed by atoms with Gasteiger partial charge >= 0.3 is 0 Å². The van der Waals surface area contributed by atoms with Crippen LogP contribution in [0.2, 0.25) is 5.15 Å². The predicted molar refractivity (Wildman–Crippen MR) is 77.3 cm³/mol. The Bertz CT molecular complexity index is 731. The fraction of sp³-hybridized carbons (Fsp3) is 0.143. The van der Waals surface area contributed by atoms with E-state index in [0.29, 0.717) is 10.8 Å². The van der Waals surface area contributed by atoms with E-state index in [1.807, 2.05) is 6.20 Å². The van der Waals surface area contributed by atoms with E-state index in [4.69, 9.17) is 17.3 Å². The molecule has 0 aliphatic heterocycles. The zero-order valence-electron chi connectivity index (χ0n) is 10.4. The van der Waals surface area contributed by atoms with Crippen LogP contribution in [0.4, 0.5) is 5.95 Å². The summed E-state index contributed by atoms with van der Waals surface area (Å²) in [5, 5.41) is 1.24. The fourth-order valence-electron chi connectivity index (χ4n) is 2.13. The van der Waals surface area contributed by atoms with Gasteiger partial charge in [-0.3, -0.25) is 0 Å². The summed E-state index contributed by atoms with van der Waals surface area (Å²) in [6, 6.07) is 8.42. The Morgan fingerprint density at radius 3 is 2.68 bits per heavy atom. The molecular weight excluding hydrogens is 260 g/mol. The Morgan fingerprint density at radius 2 is 1.95 bits per heavy atom. The topological polar surface area (TPSA) is 67.6 Å². The maximum atomic E-state index is 6.15. The van der Waals surface area contributed by atoms with E-state index in [0.717, 1.165) is 17.4 Å². The number of nitrogens with zero attached hydrogens (tertiary/aromatic N) is 2. The molecule has 0 unspecified atom stereocenters. The standard InChI is InChI=1S/C14H13ClN4/c1-8-2-4-9(5-3-8)6-10-7-17-13-11(10)12(15)18-14(16)19-13/h2-5,7H,6H2,1H3,(H3,16,17,18,19). The summed E-state index contributed by atoms with van der Waals surface area (Å²) in [4.78, 5) is 11.2. The molecule has 0 amide bonds. The van der Waals surface area contributed by atoms with E-state index in [9.17, 15) is 0 Å². The van der Waals surface area contributed by atoms with Crippen molar-refractivity contribution in [3.63, 3.8) is 0 Å². The molecule has 3 aromatic rings. The van der Waals surface area contributed by atoms with Gasteiger partial charge in [-0.1, -0.05) is 41.4 Å². The molecule has 0 atom stereocenters. The van der Waals surface area contributed by atoms with Crippen molar-refractivity contribution in [2.24, 2.45) is 0 Å². The molecule has 3 N–H and O–H groups in total. The first-order valence-electron chi connectivity index (χ1n) is 5.98. The molecule has 0 saturated carbocycles. The molecule has 0 fully saturated rings. The molecule has 0 spiro atoms. The van der Waals surface area contributed by atoms with Crippen molar-refractivity contribution >= 4 is 28.6 Å². The molecule has 0 aliphatic carbocycles. The zero-order valence-corrected chi connectivity index (χ0v) is 11.2. The van der Waals surface area contributed by atoms with E-state index in [1.165, 1.54) is 11.1 Å². The van der Waals surface area contributed by atoms with Gasteiger partial charge < -0.3 is 10.7 Å². The first-order valence-corrected chi connectivity index (χ1v) is 6.36. The summed E-state index contributed by atoms with van der Waals surface area (Å²) in [6.45, 7) is 2.07. The minimum Gasteiger partial charge on any atom is -0.368 e. The van der Waals surface area contributed by atoms with Crippen LogP contribution in [-0.4, -0.2) is 15.0 Å². The molecule has 0 bridgehead atoms. The van der Waals surface area contributed by atoms with Gasteiger partial charge in [0.15, 0.2) is 0 Å². The average molecular weight is 273 g/mol. The summed E-state index contributed by atoms with van der Waals surface area (Å²) in [7, 11) is 0. The summed E-state index contributed by atoms with van der Waals surface area (Å²) in [5.74, 6) is 0.182. The molecule has 0 radical (unpaired) electrons. The van der Waals surface area contributed by atoms with Crippen molar-refractivity contribution < 1.29 is 0 Å². The number of aromatic amines is 1. The number of H-pyrrole nitrogens is 1. The molecule has 4 nitrogen and oxygen atoms in total. The summed E-state index contributed by atoms with van der Waals surface area (Å²) >= 11 is 6.15. The number of nitrogens with one attached hydrogen (secondary N) is 1. The highest BCUT2D eigenvalue weighted by atomic mass is 35.5. The first kappa shape index (κ1) is 12.0. The smallest absolute Gasteiger partial charge is 0.223 e. The molecule has 2 aromatic heterocycles. The van der Waals surface area contributed by atoms with Crippen LogP contribution in [0.15, 0.2) is 30.5 Å². The van der Waals surface area contributed by atoms with Gasteiger partial charge in [-0.15, -0.1) is 0 Å². The first-order chi connectivity index (χ1) is 9.13. The maximum Gasteiger partial charge on any atom is 0.223 e. The van der Waals surface area contributed by atoms with Crippen molar-refractivity contribution in [1.82, 2.24) is 15.0 Å². The van der Waals surface area contributed by atoms with E-state index < -0.39 is 0 Å². The lowest BCUT2D eigenvalue weighted by atomic mass is 10.0. The van der Waals surface area contributed by atoms with Gasteiger partial charge in [-0.05, 0) is 24.5 Å². The number of hydrogen-bond acceptors (Lipinski definition) is 3. The second-order valence-electron chi connectivity index (χ2n) is 4.57. The number of hydrogen-bond donors (Lipinski definition) is 2. The molecule has 0 saturated heterocycles. The monoisotopic (exact) mass is 272 g/mol. The van der Waals surface area contributed by atoms with E-state index in [2.05, 4.69) is 46.1 Å². The van der Waals surface area contributed by atoms with Crippen LogP contribution in [0.3, 0.4) is 0 Å². The quantitative estimate of drug-likeness (QED) is 0.705. The van der Waals surface area contributed by atoms with Crippen LogP contribution >= 0.6 is 11.6 Å². The average Bonchev–Trinajstić information content (AvgIpc) is 2.75. The third kappa shape index (κ3) is 2.27. The lowest BCUT2D eigenvalue weighted by molar-refractivity contribution is 1.20. The summed E-state index contributed by atoms with van der Waals surface area (Å²) in [5.41, 5.74) is 9.80. The molecule has 1 aromatic carbocycles. The molecule has 2 heterocycles. The van der Waals surface area contributed by atoms with E-state index in [-0.39, 0.29) is 5.95 Å². The second-order valence-corrected chi connectivity index (χ2v) is 4.93. The molecular formula is C14H13ClN4. The Balaban J connectivity index is 2.04. The predicted octanol–water partition coefficient (Wildman–Crippen LogP) is 3.09.